The van der Waals surface area contributed by atoms with Crippen LogP contribution in [0, 0.1) is 0 Å². The summed E-state index contributed by atoms with van der Waals surface area (Å²) in [5.41, 5.74) is 0.570. The zero-order valence-corrected chi connectivity index (χ0v) is 14.3. The van der Waals surface area contributed by atoms with Crippen LogP contribution in [-0.2, 0) is 0 Å². The van der Waals surface area contributed by atoms with E-state index < -0.39 is 0 Å². The Morgan fingerprint density at radius 1 is 1.36 bits per heavy atom. The molecule has 0 aliphatic rings. The third-order valence-electron chi connectivity index (χ3n) is 2.55. The quantitative estimate of drug-likeness (QED) is 0.603. The molecule has 0 atom stereocenters. The van der Waals surface area contributed by atoms with E-state index in [-0.39, 0.29) is 12.1 Å². The number of carbonyl (C=O) groups excluding carboxylic acids is 1. The molecule has 1 aromatic carbocycles. The SMILES string of the molecule is CC=CC=NN(C(=O)N(C)C)c1ccc(OC(C)C)c(Cl)c1. The zero-order chi connectivity index (χ0) is 16.7. The van der Waals surface area contributed by atoms with Crippen LogP contribution in [0.4, 0.5) is 10.5 Å². The molecule has 0 spiro atoms. The number of halogens is 1. The minimum absolute atomic E-state index is 0.0237. The first kappa shape index (κ1) is 18.0. The number of carbonyl (C=O) groups is 1. The van der Waals surface area contributed by atoms with E-state index in [4.69, 9.17) is 16.3 Å². The minimum atomic E-state index is -0.269. The maximum absolute atomic E-state index is 12.3. The van der Waals surface area contributed by atoms with Gasteiger partial charge in [0.05, 0.1) is 16.8 Å². The van der Waals surface area contributed by atoms with Gasteiger partial charge in [0.1, 0.15) is 5.75 Å². The summed E-state index contributed by atoms with van der Waals surface area (Å²) >= 11 is 6.22. The van der Waals surface area contributed by atoms with E-state index >= 15 is 0 Å². The van der Waals surface area contributed by atoms with E-state index in [1.165, 1.54) is 9.91 Å². The van der Waals surface area contributed by atoms with Crippen LogP contribution in [0.2, 0.25) is 5.02 Å². The van der Waals surface area contributed by atoms with Crippen LogP contribution in [0.1, 0.15) is 20.8 Å². The van der Waals surface area contributed by atoms with Crippen molar-refractivity contribution in [2.75, 3.05) is 19.1 Å². The number of hydrogen-bond acceptors (Lipinski definition) is 3. The van der Waals surface area contributed by atoms with Crippen molar-refractivity contribution >= 4 is 29.5 Å². The standard InChI is InChI=1S/C16H22ClN3O2/c1-6-7-10-18-20(16(21)19(4)5)13-8-9-15(14(17)11-13)22-12(2)3/h6-12H,1-5H3. The molecule has 22 heavy (non-hydrogen) atoms. The highest BCUT2D eigenvalue weighted by atomic mass is 35.5. The van der Waals surface area contributed by atoms with Crippen molar-refractivity contribution in [2.24, 2.45) is 5.10 Å². The molecule has 0 bridgehead atoms. The monoisotopic (exact) mass is 323 g/mol. The Bertz CT molecular complexity index is 569. The first-order valence-electron chi connectivity index (χ1n) is 6.99. The molecule has 0 unspecified atom stereocenters. The van der Waals surface area contributed by atoms with Gasteiger partial charge in [-0.25, -0.2) is 4.79 Å². The Morgan fingerprint density at radius 2 is 2.05 bits per heavy atom. The largest absolute Gasteiger partial charge is 0.489 e. The van der Waals surface area contributed by atoms with Gasteiger partial charge < -0.3 is 9.64 Å². The average molecular weight is 324 g/mol. The van der Waals surface area contributed by atoms with Gasteiger partial charge in [0, 0.05) is 20.3 Å². The topological polar surface area (TPSA) is 45.1 Å². The maximum Gasteiger partial charge on any atom is 0.344 e. The Balaban J connectivity index is 3.14. The summed E-state index contributed by atoms with van der Waals surface area (Å²) < 4.78 is 5.59. The number of nitrogens with zero attached hydrogens (tertiary/aromatic N) is 3. The van der Waals surface area contributed by atoms with E-state index in [0.29, 0.717) is 16.5 Å². The van der Waals surface area contributed by atoms with Crippen molar-refractivity contribution in [3.63, 3.8) is 0 Å². The number of anilines is 1. The van der Waals surface area contributed by atoms with Crippen molar-refractivity contribution in [3.05, 3.63) is 35.4 Å². The third-order valence-corrected chi connectivity index (χ3v) is 2.84. The summed E-state index contributed by atoms with van der Waals surface area (Å²) in [5, 5.41) is 5.88. The number of hydrazone groups is 1. The number of urea groups is 1. The molecule has 0 saturated heterocycles. The fourth-order valence-electron chi connectivity index (χ4n) is 1.58. The summed E-state index contributed by atoms with van der Waals surface area (Å²) in [5.74, 6) is 0.579. The van der Waals surface area contributed by atoms with Crippen molar-refractivity contribution < 1.29 is 9.53 Å². The fraction of sp³-hybridized carbons (Fsp3) is 0.375. The Morgan fingerprint density at radius 3 is 2.55 bits per heavy atom. The zero-order valence-electron chi connectivity index (χ0n) is 13.6. The lowest BCUT2D eigenvalue weighted by Gasteiger charge is -2.22. The van der Waals surface area contributed by atoms with E-state index in [2.05, 4.69) is 5.10 Å². The third kappa shape index (κ3) is 5.07. The molecule has 1 rings (SSSR count). The lowest BCUT2D eigenvalue weighted by Crippen LogP contribution is -2.35. The van der Waals surface area contributed by atoms with Crippen molar-refractivity contribution in [1.29, 1.82) is 0 Å². The molecule has 0 N–H and O–H groups in total. The number of allylic oxidation sites excluding steroid dienone is 2. The number of amides is 2. The molecule has 0 radical (unpaired) electrons. The van der Waals surface area contributed by atoms with Crippen molar-refractivity contribution in [2.45, 2.75) is 26.9 Å². The maximum atomic E-state index is 12.3. The summed E-state index contributed by atoms with van der Waals surface area (Å²) in [6.07, 6.45) is 5.14. The summed E-state index contributed by atoms with van der Waals surface area (Å²) in [6.45, 7) is 5.72. The van der Waals surface area contributed by atoms with Gasteiger partial charge in [-0.3, -0.25) is 0 Å². The lowest BCUT2D eigenvalue weighted by atomic mass is 10.3. The predicted molar refractivity (Wildman–Crippen MR) is 92.1 cm³/mol. The molecule has 2 amide bonds. The molecule has 1 aromatic rings. The Labute approximate surface area is 136 Å². The number of hydrogen-bond donors (Lipinski definition) is 0. The van der Waals surface area contributed by atoms with E-state index in [9.17, 15) is 4.79 Å². The average Bonchev–Trinajstić information content (AvgIpc) is 2.45. The summed E-state index contributed by atoms with van der Waals surface area (Å²) in [4.78, 5) is 13.7. The normalized spacial score (nSPS) is 11.4. The summed E-state index contributed by atoms with van der Waals surface area (Å²) in [7, 11) is 3.33. The van der Waals surface area contributed by atoms with Crippen LogP contribution < -0.4 is 9.75 Å². The van der Waals surface area contributed by atoms with Gasteiger partial charge in [-0.2, -0.15) is 10.1 Å². The second-order valence-electron chi connectivity index (χ2n) is 5.06. The molecular formula is C16H22ClN3O2. The van der Waals surface area contributed by atoms with Crippen LogP contribution >= 0.6 is 11.6 Å². The van der Waals surface area contributed by atoms with E-state index in [1.54, 1.807) is 44.6 Å². The molecule has 120 valence electrons. The second-order valence-corrected chi connectivity index (χ2v) is 5.47. The molecule has 0 aliphatic carbocycles. The van der Waals surface area contributed by atoms with Gasteiger partial charge in [0.25, 0.3) is 0 Å². The molecule has 5 nitrogen and oxygen atoms in total. The molecule has 0 aliphatic heterocycles. The highest BCUT2D eigenvalue weighted by molar-refractivity contribution is 6.32. The van der Waals surface area contributed by atoms with Gasteiger partial charge in [0.15, 0.2) is 0 Å². The van der Waals surface area contributed by atoms with Gasteiger partial charge in [-0.1, -0.05) is 17.7 Å². The predicted octanol–water partition coefficient (Wildman–Crippen LogP) is 4.18. The molecular weight excluding hydrogens is 302 g/mol. The molecule has 0 aromatic heterocycles. The van der Waals surface area contributed by atoms with Crippen molar-refractivity contribution in [1.82, 2.24) is 4.90 Å². The van der Waals surface area contributed by atoms with Crippen LogP contribution in [-0.4, -0.2) is 37.3 Å². The highest BCUT2D eigenvalue weighted by Gasteiger charge is 2.18. The van der Waals surface area contributed by atoms with Crippen LogP contribution in [0.25, 0.3) is 0 Å². The Kier molecular flexibility index (Phi) is 6.92. The molecule has 6 heteroatoms. The van der Waals surface area contributed by atoms with Crippen LogP contribution in [0.15, 0.2) is 35.5 Å². The minimum Gasteiger partial charge on any atom is -0.489 e. The van der Waals surface area contributed by atoms with Gasteiger partial charge in [-0.15, -0.1) is 0 Å². The number of ether oxygens (including phenoxy) is 1. The highest BCUT2D eigenvalue weighted by Crippen LogP contribution is 2.30. The first-order chi connectivity index (χ1) is 10.4. The molecule has 0 fully saturated rings. The molecule has 0 heterocycles. The first-order valence-corrected chi connectivity index (χ1v) is 7.37. The van der Waals surface area contributed by atoms with E-state index in [0.717, 1.165) is 0 Å². The van der Waals surface area contributed by atoms with E-state index in [1.807, 2.05) is 26.8 Å². The molecule has 0 saturated carbocycles. The van der Waals surface area contributed by atoms with Gasteiger partial charge in [0.2, 0.25) is 0 Å². The van der Waals surface area contributed by atoms with Crippen molar-refractivity contribution in [3.8, 4) is 5.75 Å². The number of benzene rings is 1. The van der Waals surface area contributed by atoms with Crippen LogP contribution in [0.3, 0.4) is 0 Å². The van der Waals surface area contributed by atoms with Gasteiger partial charge >= 0.3 is 6.03 Å². The fourth-order valence-corrected chi connectivity index (χ4v) is 1.80. The smallest absolute Gasteiger partial charge is 0.344 e. The lowest BCUT2D eigenvalue weighted by molar-refractivity contribution is 0.224. The number of rotatable bonds is 5. The van der Waals surface area contributed by atoms with Crippen LogP contribution in [0.5, 0.6) is 5.75 Å². The Hall–Kier alpha value is -2.01. The van der Waals surface area contributed by atoms with Gasteiger partial charge in [-0.05, 0) is 45.0 Å². The summed E-state index contributed by atoms with van der Waals surface area (Å²) in [6, 6.07) is 4.87. The second kappa shape index (κ2) is 8.44.